The lowest BCUT2D eigenvalue weighted by atomic mass is 9.72. The molecule has 1 fully saturated rings. The van der Waals surface area contributed by atoms with E-state index in [4.69, 9.17) is 14.2 Å². The van der Waals surface area contributed by atoms with Gasteiger partial charge in [0.2, 0.25) is 0 Å². The van der Waals surface area contributed by atoms with Gasteiger partial charge in [-0.25, -0.2) is 0 Å². The topological polar surface area (TPSA) is 71.8 Å². The standard InChI is InChI=1S/C25H28N2O4/c1-3-29-23(28)25(13-14-26)20-11-7-8-12-21(20)27(18-19-9-5-4-6-10-19)22(25)17-24(2)30-15-16-31-24/h4-12,22H,3,13,15-18H2,1-2H3/t22-,25-/m1/s1. The maximum Gasteiger partial charge on any atom is 0.319 e. The predicted octanol–water partition coefficient (Wildman–Crippen LogP) is 3.94. The van der Waals surface area contributed by atoms with E-state index >= 15 is 0 Å². The van der Waals surface area contributed by atoms with Crippen LogP contribution in [-0.2, 0) is 31.0 Å². The van der Waals surface area contributed by atoms with Crippen molar-refractivity contribution in [3.8, 4) is 6.07 Å². The Balaban J connectivity index is 1.86. The first-order valence-electron chi connectivity index (χ1n) is 10.8. The van der Waals surface area contributed by atoms with E-state index in [-0.39, 0.29) is 25.0 Å². The lowest BCUT2D eigenvalue weighted by molar-refractivity contribution is -0.162. The van der Waals surface area contributed by atoms with Crippen molar-refractivity contribution in [1.82, 2.24) is 0 Å². The molecular formula is C25H28N2O4. The van der Waals surface area contributed by atoms with Crippen molar-refractivity contribution in [1.29, 1.82) is 5.26 Å². The average molecular weight is 421 g/mol. The molecule has 0 saturated carbocycles. The molecule has 31 heavy (non-hydrogen) atoms. The van der Waals surface area contributed by atoms with Crippen molar-refractivity contribution in [2.45, 2.75) is 50.5 Å². The van der Waals surface area contributed by atoms with Crippen molar-refractivity contribution in [3.63, 3.8) is 0 Å². The Morgan fingerprint density at radius 1 is 1.16 bits per heavy atom. The molecule has 2 heterocycles. The van der Waals surface area contributed by atoms with E-state index in [2.05, 4.69) is 23.1 Å². The number of nitriles is 1. The smallest absolute Gasteiger partial charge is 0.319 e. The van der Waals surface area contributed by atoms with Crippen LogP contribution in [-0.4, -0.2) is 37.6 Å². The molecular weight excluding hydrogens is 392 g/mol. The molecule has 2 aromatic carbocycles. The van der Waals surface area contributed by atoms with Crippen LogP contribution in [0.4, 0.5) is 5.69 Å². The van der Waals surface area contributed by atoms with Gasteiger partial charge in [-0.05, 0) is 31.0 Å². The predicted molar refractivity (Wildman–Crippen MR) is 116 cm³/mol. The molecule has 0 bridgehead atoms. The fourth-order valence-corrected chi connectivity index (χ4v) is 4.92. The molecule has 0 aromatic heterocycles. The van der Waals surface area contributed by atoms with Gasteiger partial charge in [-0.15, -0.1) is 0 Å². The highest BCUT2D eigenvalue weighted by Crippen LogP contribution is 2.51. The Labute approximate surface area is 183 Å². The fraction of sp³-hybridized carbons (Fsp3) is 0.440. The average Bonchev–Trinajstić information content (AvgIpc) is 3.31. The summed E-state index contributed by atoms with van der Waals surface area (Å²) in [5.74, 6) is -1.19. The summed E-state index contributed by atoms with van der Waals surface area (Å²) in [5.41, 5.74) is 1.78. The second-order valence-corrected chi connectivity index (χ2v) is 8.21. The molecule has 0 spiro atoms. The zero-order valence-corrected chi connectivity index (χ0v) is 18.0. The summed E-state index contributed by atoms with van der Waals surface area (Å²) in [5, 5.41) is 9.81. The molecule has 2 aromatic rings. The van der Waals surface area contributed by atoms with Gasteiger partial charge in [-0.2, -0.15) is 5.26 Å². The minimum atomic E-state index is -1.12. The van der Waals surface area contributed by atoms with E-state index in [0.29, 0.717) is 26.2 Å². The Kier molecular flexibility index (Phi) is 5.99. The maximum atomic E-state index is 13.5. The van der Waals surface area contributed by atoms with Gasteiger partial charge in [0.25, 0.3) is 0 Å². The van der Waals surface area contributed by atoms with Crippen LogP contribution in [0.2, 0.25) is 0 Å². The summed E-state index contributed by atoms with van der Waals surface area (Å²) >= 11 is 0. The zero-order chi connectivity index (χ0) is 21.9. The third kappa shape index (κ3) is 3.80. The van der Waals surface area contributed by atoms with Crippen molar-refractivity contribution in [3.05, 3.63) is 65.7 Å². The van der Waals surface area contributed by atoms with E-state index < -0.39 is 11.2 Å². The molecule has 2 aliphatic heterocycles. The number of rotatable bonds is 7. The molecule has 6 nitrogen and oxygen atoms in total. The monoisotopic (exact) mass is 420 g/mol. The van der Waals surface area contributed by atoms with E-state index in [1.54, 1.807) is 6.92 Å². The minimum Gasteiger partial charge on any atom is -0.465 e. The summed E-state index contributed by atoms with van der Waals surface area (Å²) in [6.07, 6.45) is 0.462. The second kappa shape index (κ2) is 8.70. The summed E-state index contributed by atoms with van der Waals surface area (Å²) in [7, 11) is 0. The quantitative estimate of drug-likeness (QED) is 0.632. The van der Waals surface area contributed by atoms with Crippen LogP contribution in [0.25, 0.3) is 0 Å². The highest BCUT2D eigenvalue weighted by molar-refractivity contribution is 5.91. The first-order valence-corrected chi connectivity index (χ1v) is 10.8. The molecule has 2 atom stereocenters. The number of hydrogen-bond acceptors (Lipinski definition) is 6. The van der Waals surface area contributed by atoms with Crippen LogP contribution in [0, 0.1) is 11.3 Å². The number of ether oxygens (including phenoxy) is 3. The molecule has 0 unspecified atom stereocenters. The fourth-order valence-electron chi connectivity index (χ4n) is 4.92. The number of fused-ring (bicyclic) bond motifs is 1. The van der Waals surface area contributed by atoms with Gasteiger partial charge in [0.15, 0.2) is 5.79 Å². The molecule has 1 saturated heterocycles. The van der Waals surface area contributed by atoms with Crippen molar-refractivity contribution in [2.24, 2.45) is 0 Å². The highest BCUT2D eigenvalue weighted by atomic mass is 16.7. The number of hydrogen-bond donors (Lipinski definition) is 0. The number of carbonyl (C=O) groups excluding carboxylic acids is 1. The number of esters is 1. The first kappa shape index (κ1) is 21.4. The Morgan fingerprint density at radius 3 is 2.52 bits per heavy atom. The highest BCUT2D eigenvalue weighted by Gasteiger charge is 2.59. The Hall–Kier alpha value is -2.88. The molecule has 162 valence electrons. The third-order valence-electron chi connectivity index (χ3n) is 6.29. The number of nitrogens with zero attached hydrogens (tertiary/aromatic N) is 2. The van der Waals surface area contributed by atoms with Crippen molar-refractivity contribution < 1.29 is 19.0 Å². The van der Waals surface area contributed by atoms with Gasteiger partial charge in [0.1, 0.15) is 5.41 Å². The largest absolute Gasteiger partial charge is 0.465 e. The Morgan fingerprint density at radius 2 is 1.84 bits per heavy atom. The summed E-state index contributed by atoms with van der Waals surface area (Å²) in [4.78, 5) is 15.7. The molecule has 0 radical (unpaired) electrons. The van der Waals surface area contributed by atoms with Gasteiger partial charge < -0.3 is 19.1 Å². The molecule has 0 amide bonds. The lowest BCUT2D eigenvalue weighted by Crippen LogP contribution is -2.53. The van der Waals surface area contributed by atoms with Crippen molar-refractivity contribution in [2.75, 3.05) is 24.7 Å². The normalized spacial score (nSPS) is 23.9. The first-order chi connectivity index (χ1) is 15.0. The van der Waals surface area contributed by atoms with Gasteiger partial charge in [0.05, 0.1) is 38.4 Å². The molecule has 0 aliphatic carbocycles. The summed E-state index contributed by atoms with van der Waals surface area (Å²) < 4.78 is 17.4. The second-order valence-electron chi connectivity index (χ2n) is 8.21. The van der Waals surface area contributed by atoms with E-state index in [9.17, 15) is 10.1 Å². The van der Waals surface area contributed by atoms with Crippen molar-refractivity contribution >= 4 is 11.7 Å². The number of carbonyl (C=O) groups is 1. The van der Waals surface area contributed by atoms with Crippen LogP contribution in [0.15, 0.2) is 54.6 Å². The van der Waals surface area contributed by atoms with Crippen LogP contribution >= 0.6 is 0 Å². The van der Waals surface area contributed by atoms with Crippen LogP contribution in [0.3, 0.4) is 0 Å². The number of para-hydroxylation sites is 1. The van der Waals surface area contributed by atoms with E-state index in [0.717, 1.165) is 16.8 Å². The molecule has 0 N–H and O–H groups in total. The SMILES string of the molecule is CCOC(=O)[C@]1(CC#N)c2ccccc2N(Cc2ccccc2)[C@@H]1CC1(C)OCCO1. The van der Waals surface area contributed by atoms with Gasteiger partial charge in [0, 0.05) is 18.7 Å². The molecule has 6 heteroatoms. The minimum absolute atomic E-state index is 0.0227. The molecule has 2 aliphatic rings. The number of benzene rings is 2. The van der Waals surface area contributed by atoms with Crippen LogP contribution < -0.4 is 4.90 Å². The third-order valence-corrected chi connectivity index (χ3v) is 6.29. The Bertz CT molecular complexity index is 965. The van der Waals surface area contributed by atoms with Gasteiger partial charge in [-0.3, -0.25) is 4.79 Å². The molecule has 4 rings (SSSR count). The number of anilines is 1. The maximum absolute atomic E-state index is 13.5. The lowest BCUT2D eigenvalue weighted by Gasteiger charge is -2.40. The van der Waals surface area contributed by atoms with E-state index in [1.807, 2.05) is 49.4 Å². The summed E-state index contributed by atoms with van der Waals surface area (Å²) in [6.45, 7) is 5.58. The zero-order valence-electron chi connectivity index (χ0n) is 18.0. The van der Waals surface area contributed by atoms with Crippen LogP contribution in [0.5, 0.6) is 0 Å². The van der Waals surface area contributed by atoms with E-state index in [1.165, 1.54) is 0 Å². The van der Waals surface area contributed by atoms with Gasteiger partial charge in [-0.1, -0.05) is 48.5 Å². The summed E-state index contributed by atoms with van der Waals surface area (Å²) in [6, 6.07) is 19.9. The van der Waals surface area contributed by atoms with Gasteiger partial charge >= 0.3 is 5.97 Å². The van der Waals surface area contributed by atoms with Crippen LogP contribution in [0.1, 0.15) is 37.8 Å².